The van der Waals surface area contributed by atoms with Crippen molar-refractivity contribution in [1.82, 2.24) is 20.3 Å². The molecule has 1 atom stereocenters. The summed E-state index contributed by atoms with van der Waals surface area (Å²) in [5, 5.41) is 11.2. The van der Waals surface area contributed by atoms with Crippen molar-refractivity contribution in [1.29, 1.82) is 5.26 Å². The fourth-order valence-electron chi connectivity index (χ4n) is 2.55. The van der Waals surface area contributed by atoms with Gasteiger partial charge in [-0.2, -0.15) is 5.26 Å². The van der Waals surface area contributed by atoms with Crippen LogP contribution in [0.2, 0.25) is 0 Å². The lowest BCUT2D eigenvalue weighted by atomic mass is 10.1. The number of carbonyl (C=O) groups excluding carboxylic acids is 1. The first-order valence-electron chi connectivity index (χ1n) is 7.90. The first-order valence-corrected chi connectivity index (χ1v) is 7.90. The summed E-state index contributed by atoms with van der Waals surface area (Å²) in [5.41, 5.74) is 0.165. The lowest BCUT2D eigenvalue weighted by Gasteiger charge is -2.13. The second kappa shape index (κ2) is 7.29. The number of benzene rings is 1. The number of nitriles is 1. The third-order valence-corrected chi connectivity index (χ3v) is 3.95. The smallest absolute Gasteiger partial charge is 0.252 e. The van der Waals surface area contributed by atoms with E-state index in [4.69, 9.17) is 5.26 Å². The van der Waals surface area contributed by atoms with Crippen LogP contribution < -0.4 is 10.9 Å². The second-order valence-electron chi connectivity index (χ2n) is 5.85. The molecule has 3 rings (SSSR count). The van der Waals surface area contributed by atoms with E-state index in [-0.39, 0.29) is 28.6 Å². The molecule has 0 spiro atoms. The number of amides is 1. The number of hydrogen-bond acceptors (Lipinski definition) is 5. The SMILES string of the molecule is C[C@@H](NC(=O)Cc1cc2c(F)c(F)ccc2[nH]c1=O)c1cnc(C#N)cn1. The Morgan fingerprint density at radius 2 is 2.11 bits per heavy atom. The van der Waals surface area contributed by atoms with Crippen LogP contribution in [0, 0.1) is 23.0 Å². The van der Waals surface area contributed by atoms with E-state index < -0.39 is 29.1 Å². The summed E-state index contributed by atoms with van der Waals surface area (Å²) < 4.78 is 27.3. The molecule has 9 heteroatoms. The zero-order valence-electron chi connectivity index (χ0n) is 14.1. The molecule has 0 fully saturated rings. The zero-order chi connectivity index (χ0) is 19.6. The Kier molecular flexibility index (Phi) is 4.90. The molecule has 0 aliphatic heterocycles. The van der Waals surface area contributed by atoms with E-state index in [9.17, 15) is 18.4 Å². The van der Waals surface area contributed by atoms with Crippen LogP contribution in [0.15, 0.2) is 35.4 Å². The van der Waals surface area contributed by atoms with Gasteiger partial charge in [-0.25, -0.2) is 13.8 Å². The minimum Gasteiger partial charge on any atom is -0.348 e. The van der Waals surface area contributed by atoms with Crippen LogP contribution >= 0.6 is 0 Å². The van der Waals surface area contributed by atoms with Crippen molar-refractivity contribution in [3.8, 4) is 6.07 Å². The van der Waals surface area contributed by atoms with E-state index in [1.54, 1.807) is 6.92 Å². The molecule has 136 valence electrons. The predicted octanol–water partition coefficient (Wildman–Crippen LogP) is 1.89. The van der Waals surface area contributed by atoms with E-state index in [1.165, 1.54) is 24.5 Å². The van der Waals surface area contributed by atoms with Gasteiger partial charge in [0.25, 0.3) is 5.56 Å². The number of pyridine rings is 1. The number of rotatable bonds is 4. The van der Waals surface area contributed by atoms with Gasteiger partial charge in [0.2, 0.25) is 5.91 Å². The van der Waals surface area contributed by atoms with Gasteiger partial charge in [0.1, 0.15) is 6.07 Å². The molecule has 1 amide bonds. The maximum Gasteiger partial charge on any atom is 0.252 e. The quantitative estimate of drug-likeness (QED) is 0.729. The molecule has 1 aromatic carbocycles. The van der Waals surface area contributed by atoms with Crippen LogP contribution in [0.3, 0.4) is 0 Å². The summed E-state index contributed by atoms with van der Waals surface area (Å²) in [7, 11) is 0. The standard InChI is InChI=1S/C18H13F2N5O2/c1-9(15-8-22-11(6-21)7-23-15)24-16(26)5-10-4-12-14(25-18(10)27)3-2-13(19)17(12)20/h2-4,7-9H,5H2,1H3,(H,24,26)(H,25,27)/t9-/m1/s1. The third kappa shape index (κ3) is 3.79. The number of aromatic amines is 1. The first-order chi connectivity index (χ1) is 12.9. The molecule has 0 saturated heterocycles. The van der Waals surface area contributed by atoms with Gasteiger partial charge in [-0.15, -0.1) is 0 Å². The summed E-state index contributed by atoms with van der Waals surface area (Å²) in [4.78, 5) is 34.6. The summed E-state index contributed by atoms with van der Waals surface area (Å²) >= 11 is 0. The van der Waals surface area contributed by atoms with E-state index >= 15 is 0 Å². The predicted molar refractivity (Wildman–Crippen MR) is 91.5 cm³/mol. The highest BCUT2D eigenvalue weighted by Gasteiger charge is 2.16. The minimum absolute atomic E-state index is 0.00242. The van der Waals surface area contributed by atoms with Crippen molar-refractivity contribution in [3.05, 3.63) is 69.5 Å². The molecular weight excluding hydrogens is 356 g/mol. The largest absolute Gasteiger partial charge is 0.348 e. The van der Waals surface area contributed by atoms with Gasteiger partial charge in [0.15, 0.2) is 17.3 Å². The maximum atomic E-state index is 13.9. The molecule has 2 N–H and O–H groups in total. The van der Waals surface area contributed by atoms with Crippen LogP contribution in [0.1, 0.15) is 29.9 Å². The van der Waals surface area contributed by atoms with Crippen LogP contribution in [0.25, 0.3) is 10.9 Å². The van der Waals surface area contributed by atoms with E-state index in [0.29, 0.717) is 5.69 Å². The summed E-state index contributed by atoms with van der Waals surface area (Å²) in [5.74, 6) is -2.64. The van der Waals surface area contributed by atoms with Crippen LogP contribution in [0.4, 0.5) is 8.78 Å². The van der Waals surface area contributed by atoms with Crippen molar-refractivity contribution >= 4 is 16.8 Å². The molecule has 0 saturated carbocycles. The van der Waals surface area contributed by atoms with Crippen LogP contribution in [0.5, 0.6) is 0 Å². The minimum atomic E-state index is -1.09. The van der Waals surface area contributed by atoms with Crippen LogP contribution in [-0.2, 0) is 11.2 Å². The highest BCUT2D eigenvalue weighted by atomic mass is 19.2. The van der Waals surface area contributed by atoms with Gasteiger partial charge in [-0.3, -0.25) is 14.6 Å². The van der Waals surface area contributed by atoms with Crippen molar-refractivity contribution in [2.24, 2.45) is 0 Å². The number of halogens is 2. The van der Waals surface area contributed by atoms with Crippen molar-refractivity contribution in [2.75, 3.05) is 0 Å². The average molecular weight is 369 g/mol. The molecule has 0 aliphatic carbocycles. The molecule has 2 heterocycles. The van der Waals surface area contributed by atoms with E-state index in [2.05, 4.69) is 20.3 Å². The van der Waals surface area contributed by atoms with Crippen molar-refractivity contribution < 1.29 is 13.6 Å². The van der Waals surface area contributed by atoms with Gasteiger partial charge in [-0.1, -0.05) is 0 Å². The maximum absolute atomic E-state index is 13.9. The van der Waals surface area contributed by atoms with Gasteiger partial charge in [-0.05, 0) is 25.1 Å². The lowest BCUT2D eigenvalue weighted by Crippen LogP contribution is -2.30. The van der Waals surface area contributed by atoms with Gasteiger partial charge in [0, 0.05) is 10.9 Å². The Morgan fingerprint density at radius 1 is 1.33 bits per heavy atom. The molecule has 0 bridgehead atoms. The summed E-state index contributed by atoms with van der Waals surface area (Å²) in [6.45, 7) is 1.66. The molecule has 0 radical (unpaired) electrons. The molecule has 7 nitrogen and oxygen atoms in total. The van der Waals surface area contributed by atoms with Gasteiger partial charge >= 0.3 is 0 Å². The van der Waals surface area contributed by atoms with Crippen LogP contribution in [-0.4, -0.2) is 20.9 Å². The number of fused-ring (bicyclic) bond motifs is 1. The molecule has 2 aromatic heterocycles. The Hall–Kier alpha value is -3.67. The molecule has 0 aliphatic rings. The third-order valence-electron chi connectivity index (χ3n) is 3.95. The highest BCUT2D eigenvalue weighted by Crippen LogP contribution is 2.18. The average Bonchev–Trinajstić information content (AvgIpc) is 2.66. The molecule has 3 aromatic rings. The van der Waals surface area contributed by atoms with Crippen molar-refractivity contribution in [3.63, 3.8) is 0 Å². The van der Waals surface area contributed by atoms with Gasteiger partial charge in [0.05, 0.1) is 36.1 Å². The zero-order valence-corrected chi connectivity index (χ0v) is 14.1. The fraction of sp³-hybridized carbons (Fsp3) is 0.167. The monoisotopic (exact) mass is 369 g/mol. The number of carbonyl (C=O) groups is 1. The molecular formula is C18H13F2N5O2. The number of aromatic nitrogens is 3. The Morgan fingerprint density at radius 3 is 2.78 bits per heavy atom. The summed E-state index contributed by atoms with van der Waals surface area (Å²) in [6.07, 6.45) is 2.32. The number of nitrogens with zero attached hydrogens (tertiary/aromatic N) is 3. The van der Waals surface area contributed by atoms with Gasteiger partial charge < -0.3 is 10.3 Å². The number of hydrogen-bond donors (Lipinski definition) is 2. The normalized spacial score (nSPS) is 11.8. The Bertz CT molecular complexity index is 1120. The topological polar surface area (TPSA) is 112 Å². The highest BCUT2D eigenvalue weighted by molar-refractivity contribution is 5.83. The van der Waals surface area contributed by atoms with Crippen molar-refractivity contribution in [2.45, 2.75) is 19.4 Å². The molecule has 27 heavy (non-hydrogen) atoms. The second-order valence-corrected chi connectivity index (χ2v) is 5.85. The van der Waals surface area contributed by atoms with E-state index in [0.717, 1.165) is 6.07 Å². The molecule has 0 unspecified atom stereocenters. The lowest BCUT2D eigenvalue weighted by molar-refractivity contribution is -0.121. The first kappa shape index (κ1) is 18.1. The fourth-order valence-corrected chi connectivity index (χ4v) is 2.55. The summed E-state index contributed by atoms with van der Waals surface area (Å²) in [6, 6.07) is 4.65. The van der Waals surface area contributed by atoms with E-state index in [1.807, 2.05) is 6.07 Å². The Labute approximate surface area is 151 Å². The number of H-pyrrole nitrogens is 1. The Balaban J connectivity index is 1.79. The number of nitrogens with one attached hydrogen (secondary N) is 2.